The van der Waals surface area contributed by atoms with Gasteiger partial charge in [-0.15, -0.1) is 0 Å². The van der Waals surface area contributed by atoms with Gasteiger partial charge in [-0.1, -0.05) is 17.7 Å². The third-order valence-corrected chi connectivity index (χ3v) is 1.93. The van der Waals surface area contributed by atoms with Gasteiger partial charge in [0.25, 0.3) is 0 Å². The Morgan fingerprint density at radius 1 is 1.45 bits per heavy atom. The lowest BCUT2D eigenvalue weighted by atomic mass is 10.2. The highest BCUT2D eigenvalue weighted by molar-refractivity contribution is 6.32. The lowest BCUT2D eigenvalue weighted by Gasteiger charge is -2.19. The molecule has 0 radical (unpaired) electrons. The average Bonchev–Trinajstić information content (AvgIpc) is 2.06. The van der Waals surface area contributed by atoms with Crippen LogP contribution in [0.1, 0.15) is 0 Å². The third kappa shape index (κ3) is 1.14. The first kappa shape index (κ1) is 6.80. The molecule has 0 spiro atoms. The molecule has 1 aromatic rings. The van der Waals surface area contributed by atoms with Crippen LogP contribution >= 0.6 is 11.6 Å². The molecule has 0 bridgehead atoms. The van der Waals surface area contributed by atoms with Gasteiger partial charge in [-0.2, -0.15) is 0 Å². The SMILES string of the molecule is Clc1cccc2c1OCCN2. The molecule has 1 aliphatic heterocycles. The van der Waals surface area contributed by atoms with Crippen molar-refractivity contribution in [2.45, 2.75) is 0 Å². The molecule has 0 saturated heterocycles. The van der Waals surface area contributed by atoms with E-state index in [9.17, 15) is 0 Å². The fraction of sp³-hybridized carbons (Fsp3) is 0.250. The maximum atomic E-state index is 5.88. The van der Waals surface area contributed by atoms with Crippen molar-refractivity contribution in [2.75, 3.05) is 18.5 Å². The van der Waals surface area contributed by atoms with Crippen molar-refractivity contribution in [1.29, 1.82) is 0 Å². The summed E-state index contributed by atoms with van der Waals surface area (Å²) in [5.74, 6) is 0.778. The molecule has 1 heterocycles. The molecule has 0 atom stereocenters. The predicted octanol–water partition coefficient (Wildman–Crippen LogP) is 2.14. The minimum absolute atomic E-state index is 0.676. The van der Waals surface area contributed by atoms with Gasteiger partial charge in [-0.3, -0.25) is 0 Å². The van der Waals surface area contributed by atoms with Gasteiger partial charge in [0.05, 0.1) is 10.7 Å². The number of benzene rings is 1. The first-order chi connectivity index (χ1) is 5.38. The number of anilines is 1. The van der Waals surface area contributed by atoms with Crippen LogP contribution in [0.15, 0.2) is 18.2 Å². The van der Waals surface area contributed by atoms with E-state index in [4.69, 9.17) is 16.3 Å². The average molecular weight is 170 g/mol. The smallest absolute Gasteiger partial charge is 0.161 e. The van der Waals surface area contributed by atoms with Gasteiger partial charge in [0.15, 0.2) is 5.75 Å². The van der Waals surface area contributed by atoms with Crippen LogP contribution in [-0.4, -0.2) is 13.2 Å². The standard InChI is InChI=1S/C8H8ClNO/c9-6-2-1-3-7-8(6)11-5-4-10-7/h1-3,10H,4-5H2. The largest absolute Gasteiger partial charge is 0.488 e. The Hall–Kier alpha value is -0.890. The molecular weight excluding hydrogens is 162 g/mol. The number of rotatable bonds is 0. The molecular formula is C8H8ClNO. The monoisotopic (exact) mass is 169 g/mol. The molecule has 11 heavy (non-hydrogen) atoms. The zero-order valence-corrected chi connectivity index (χ0v) is 6.69. The molecule has 0 unspecified atom stereocenters. The fourth-order valence-electron chi connectivity index (χ4n) is 1.13. The second-order valence-electron chi connectivity index (χ2n) is 2.39. The van der Waals surface area contributed by atoms with Crippen LogP contribution in [0.4, 0.5) is 5.69 Å². The highest BCUT2D eigenvalue weighted by Gasteiger charge is 2.11. The van der Waals surface area contributed by atoms with Crippen LogP contribution in [0.2, 0.25) is 5.02 Å². The van der Waals surface area contributed by atoms with E-state index in [1.54, 1.807) is 0 Å². The lowest BCUT2D eigenvalue weighted by molar-refractivity contribution is 0.323. The maximum absolute atomic E-state index is 5.88. The second-order valence-corrected chi connectivity index (χ2v) is 2.80. The van der Waals surface area contributed by atoms with Crippen molar-refractivity contribution in [3.05, 3.63) is 23.2 Å². The second kappa shape index (κ2) is 2.62. The van der Waals surface area contributed by atoms with E-state index in [-0.39, 0.29) is 0 Å². The van der Waals surface area contributed by atoms with Crippen molar-refractivity contribution in [2.24, 2.45) is 0 Å². The molecule has 2 rings (SSSR count). The Morgan fingerprint density at radius 2 is 2.36 bits per heavy atom. The van der Waals surface area contributed by atoms with Gasteiger partial charge >= 0.3 is 0 Å². The molecule has 1 aromatic carbocycles. The summed E-state index contributed by atoms with van der Waals surface area (Å²) in [6.45, 7) is 1.55. The van der Waals surface area contributed by atoms with Crippen LogP contribution in [0.5, 0.6) is 5.75 Å². The Bertz CT molecular complexity index is 275. The molecule has 1 aliphatic rings. The fourth-order valence-corrected chi connectivity index (χ4v) is 1.36. The Balaban J connectivity index is 2.49. The molecule has 1 N–H and O–H groups in total. The summed E-state index contributed by atoms with van der Waals surface area (Å²) >= 11 is 5.88. The first-order valence-electron chi connectivity index (χ1n) is 3.53. The summed E-state index contributed by atoms with van der Waals surface area (Å²) in [5.41, 5.74) is 0.990. The summed E-state index contributed by atoms with van der Waals surface area (Å²) < 4.78 is 5.36. The van der Waals surface area contributed by atoms with E-state index in [2.05, 4.69) is 5.32 Å². The van der Waals surface area contributed by atoms with E-state index in [0.717, 1.165) is 18.0 Å². The molecule has 0 aliphatic carbocycles. The van der Waals surface area contributed by atoms with E-state index in [1.807, 2.05) is 18.2 Å². The van der Waals surface area contributed by atoms with Crippen molar-refractivity contribution >= 4 is 17.3 Å². The summed E-state index contributed by atoms with van der Waals surface area (Å²) in [6, 6.07) is 5.69. The van der Waals surface area contributed by atoms with Gasteiger partial charge < -0.3 is 10.1 Å². The number of hydrogen-bond acceptors (Lipinski definition) is 2. The first-order valence-corrected chi connectivity index (χ1v) is 3.91. The predicted molar refractivity (Wildman–Crippen MR) is 45.4 cm³/mol. The molecule has 0 amide bonds. The van der Waals surface area contributed by atoms with Gasteiger partial charge in [-0.05, 0) is 12.1 Å². The van der Waals surface area contributed by atoms with E-state index < -0.39 is 0 Å². The quantitative estimate of drug-likeness (QED) is 0.643. The third-order valence-electron chi connectivity index (χ3n) is 1.63. The van der Waals surface area contributed by atoms with Gasteiger partial charge in [0, 0.05) is 6.54 Å². The topological polar surface area (TPSA) is 21.3 Å². The number of ether oxygens (including phenoxy) is 1. The number of hydrogen-bond donors (Lipinski definition) is 1. The van der Waals surface area contributed by atoms with Crippen LogP contribution < -0.4 is 10.1 Å². The molecule has 0 fully saturated rings. The maximum Gasteiger partial charge on any atom is 0.161 e. The number of halogens is 1. The highest BCUT2D eigenvalue weighted by atomic mass is 35.5. The Morgan fingerprint density at radius 3 is 3.18 bits per heavy atom. The minimum atomic E-state index is 0.676. The van der Waals surface area contributed by atoms with Crippen LogP contribution in [0, 0.1) is 0 Å². The summed E-state index contributed by atoms with van der Waals surface area (Å²) in [6.07, 6.45) is 0. The summed E-state index contributed by atoms with van der Waals surface area (Å²) in [5, 5.41) is 3.87. The Kier molecular flexibility index (Phi) is 1.62. The minimum Gasteiger partial charge on any atom is -0.488 e. The van der Waals surface area contributed by atoms with Gasteiger partial charge in [0.1, 0.15) is 6.61 Å². The lowest BCUT2D eigenvalue weighted by Crippen LogP contribution is -2.17. The molecule has 3 heteroatoms. The summed E-state index contributed by atoms with van der Waals surface area (Å²) in [4.78, 5) is 0. The number of para-hydroxylation sites is 1. The van der Waals surface area contributed by atoms with Crippen molar-refractivity contribution < 1.29 is 4.74 Å². The molecule has 0 aromatic heterocycles. The normalized spacial score (nSPS) is 14.6. The van der Waals surface area contributed by atoms with E-state index in [1.165, 1.54) is 0 Å². The van der Waals surface area contributed by atoms with E-state index in [0.29, 0.717) is 11.6 Å². The van der Waals surface area contributed by atoms with Crippen molar-refractivity contribution in [3.8, 4) is 5.75 Å². The van der Waals surface area contributed by atoms with Crippen molar-refractivity contribution in [1.82, 2.24) is 0 Å². The van der Waals surface area contributed by atoms with Crippen LogP contribution in [0.25, 0.3) is 0 Å². The van der Waals surface area contributed by atoms with Gasteiger partial charge in [0.2, 0.25) is 0 Å². The number of nitrogens with one attached hydrogen (secondary N) is 1. The van der Waals surface area contributed by atoms with Gasteiger partial charge in [-0.25, -0.2) is 0 Å². The van der Waals surface area contributed by atoms with Crippen molar-refractivity contribution in [3.63, 3.8) is 0 Å². The highest BCUT2D eigenvalue weighted by Crippen LogP contribution is 2.34. The number of fused-ring (bicyclic) bond motifs is 1. The van der Waals surface area contributed by atoms with Crippen LogP contribution in [0.3, 0.4) is 0 Å². The molecule has 2 nitrogen and oxygen atoms in total. The van der Waals surface area contributed by atoms with Crippen LogP contribution in [-0.2, 0) is 0 Å². The molecule has 58 valence electrons. The molecule has 0 saturated carbocycles. The zero-order chi connectivity index (χ0) is 7.68. The van der Waals surface area contributed by atoms with E-state index >= 15 is 0 Å². The zero-order valence-electron chi connectivity index (χ0n) is 5.93. The summed E-state index contributed by atoms with van der Waals surface area (Å²) in [7, 11) is 0. The Labute approximate surface area is 70.1 Å².